The largest absolute Gasteiger partial charge is 0.477 e. The lowest BCUT2D eigenvalue weighted by Gasteiger charge is -2.02. The van der Waals surface area contributed by atoms with E-state index in [0.717, 1.165) is 0 Å². The Labute approximate surface area is 113 Å². The minimum absolute atomic E-state index is 0.0155. The van der Waals surface area contributed by atoms with Gasteiger partial charge in [0, 0.05) is 13.2 Å². The molecular weight excluding hydrogens is 290 g/mol. The highest BCUT2D eigenvalue weighted by atomic mass is 32.2. The van der Waals surface area contributed by atoms with Gasteiger partial charge in [-0.05, 0) is 18.2 Å². The highest BCUT2D eigenvalue weighted by Gasteiger charge is 2.18. The van der Waals surface area contributed by atoms with Gasteiger partial charge in [-0.25, -0.2) is 17.9 Å². The lowest BCUT2D eigenvalue weighted by molar-refractivity contribution is 0.0702. The molecule has 0 aliphatic heterocycles. The molecule has 0 aliphatic rings. The van der Waals surface area contributed by atoms with Crippen LogP contribution in [0.2, 0.25) is 0 Å². The molecule has 2 rings (SSSR count). The van der Waals surface area contributed by atoms with Crippen molar-refractivity contribution in [1.29, 1.82) is 0 Å². The fraction of sp³-hybridized carbons (Fsp3) is 0.200. The molecule has 0 spiro atoms. The predicted molar refractivity (Wildman–Crippen MR) is 68.5 cm³/mol. The molecule has 0 unspecified atom stereocenters. The maximum absolute atomic E-state index is 11.9. The third kappa shape index (κ3) is 3.19. The van der Waals surface area contributed by atoms with Crippen LogP contribution in [0.3, 0.4) is 0 Å². The van der Waals surface area contributed by atoms with Gasteiger partial charge in [0.15, 0.2) is 0 Å². The number of nitrogens with zero attached hydrogens (tertiary/aromatic N) is 2. The number of rotatable bonds is 5. The number of aromatic carboxylic acids is 1. The van der Waals surface area contributed by atoms with Gasteiger partial charge in [-0.2, -0.15) is 5.10 Å². The van der Waals surface area contributed by atoms with E-state index in [-0.39, 0.29) is 15.6 Å². The Morgan fingerprint density at radius 3 is 2.74 bits per heavy atom. The van der Waals surface area contributed by atoms with Crippen LogP contribution < -0.4 is 4.72 Å². The molecule has 0 aromatic carbocycles. The summed E-state index contributed by atoms with van der Waals surface area (Å²) in [5, 5.41) is 12.8. The average Bonchev–Trinajstić information content (AvgIpc) is 2.95. The van der Waals surface area contributed by atoms with E-state index in [9.17, 15) is 13.2 Å². The van der Waals surface area contributed by atoms with Crippen molar-refractivity contribution < 1.29 is 18.3 Å². The van der Waals surface area contributed by atoms with Crippen LogP contribution in [0.1, 0.15) is 15.4 Å². The van der Waals surface area contributed by atoms with Gasteiger partial charge in [-0.1, -0.05) is 0 Å². The third-order valence-electron chi connectivity index (χ3n) is 2.27. The standard InChI is InChI=1S/C10H11N3O4S2/c1-13-5-4-7(12-13)6-11-19(16,17)9-3-2-8(18-9)10(14)15/h2-5,11H,6H2,1H3,(H,14,15). The first kappa shape index (κ1) is 13.7. The Morgan fingerprint density at radius 2 is 2.21 bits per heavy atom. The summed E-state index contributed by atoms with van der Waals surface area (Å²) >= 11 is 0.713. The molecule has 102 valence electrons. The Bertz CT molecular complexity index is 702. The Hall–Kier alpha value is -1.71. The van der Waals surface area contributed by atoms with Crippen molar-refractivity contribution >= 4 is 27.3 Å². The maximum atomic E-state index is 11.9. The van der Waals surface area contributed by atoms with E-state index in [4.69, 9.17) is 5.11 Å². The van der Waals surface area contributed by atoms with E-state index in [0.29, 0.717) is 17.0 Å². The van der Waals surface area contributed by atoms with Crippen molar-refractivity contribution in [3.63, 3.8) is 0 Å². The highest BCUT2D eigenvalue weighted by Crippen LogP contribution is 2.21. The Kier molecular flexibility index (Phi) is 3.69. The predicted octanol–water partition coefficient (Wildman–Crippen LogP) is 0.658. The van der Waals surface area contributed by atoms with Crippen molar-refractivity contribution in [2.24, 2.45) is 7.05 Å². The van der Waals surface area contributed by atoms with Gasteiger partial charge in [0.25, 0.3) is 0 Å². The fourth-order valence-electron chi connectivity index (χ4n) is 1.38. The number of thiophene rings is 1. The lowest BCUT2D eigenvalue weighted by Crippen LogP contribution is -2.22. The number of hydrogen-bond donors (Lipinski definition) is 2. The molecule has 9 heteroatoms. The van der Waals surface area contributed by atoms with Crippen LogP contribution in [0.4, 0.5) is 0 Å². The first-order chi connectivity index (χ1) is 8.88. The highest BCUT2D eigenvalue weighted by molar-refractivity contribution is 7.91. The molecule has 0 fully saturated rings. The summed E-state index contributed by atoms with van der Waals surface area (Å²) in [4.78, 5) is 10.7. The van der Waals surface area contributed by atoms with Crippen LogP contribution in [0.5, 0.6) is 0 Å². The average molecular weight is 301 g/mol. The van der Waals surface area contributed by atoms with Crippen LogP contribution in [0.15, 0.2) is 28.6 Å². The van der Waals surface area contributed by atoms with Crippen LogP contribution in [-0.4, -0.2) is 29.3 Å². The number of carboxylic acids is 1. The molecule has 0 radical (unpaired) electrons. The van der Waals surface area contributed by atoms with E-state index >= 15 is 0 Å². The second kappa shape index (κ2) is 5.11. The molecule has 19 heavy (non-hydrogen) atoms. The number of carboxylic acid groups (broad SMARTS) is 1. The van der Waals surface area contributed by atoms with E-state index < -0.39 is 16.0 Å². The summed E-state index contributed by atoms with van der Waals surface area (Å²) in [6, 6.07) is 4.23. The summed E-state index contributed by atoms with van der Waals surface area (Å²) in [5.74, 6) is -1.14. The molecular formula is C10H11N3O4S2. The zero-order valence-electron chi connectivity index (χ0n) is 9.90. The second-order valence-electron chi connectivity index (χ2n) is 3.73. The molecule has 2 aromatic rings. The lowest BCUT2D eigenvalue weighted by atomic mass is 10.4. The molecule has 0 atom stereocenters. The maximum Gasteiger partial charge on any atom is 0.345 e. The summed E-state index contributed by atoms with van der Waals surface area (Å²) in [5.41, 5.74) is 0.584. The molecule has 2 heterocycles. The van der Waals surface area contributed by atoms with Crippen LogP contribution >= 0.6 is 11.3 Å². The van der Waals surface area contributed by atoms with E-state index in [1.54, 1.807) is 24.0 Å². The first-order valence-electron chi connectivity index (χ1n) is 5.20. The van der Waals surface area contributed by atoms with Gasteiger partial charge in [0.05, 0.1) is 12.2 Å². The van der Waals surface area contributed by atoms with Crippen LogP contribution in [0.25, 0.3) is 0 Å². The molecule has 0 aliphatic carbocycles. The van der Waals surface area contributed by atoms with Crippen molar-refractivity contribution in [1.82, 2.24) is 14.5 Å². The molecule has 0 bridgehead atoms. The molecule has 2 N–H and O–H groups in total. The number of nitrogens with one attached hydrogen (secondary N) is 1. The van der Waals surface area contributed by atoms with Crippen LogP contribution in [0, 0.1) is 0 Å². The smallest absolute Gasteiger partial charge is 0.345 e. The molecule has 0 amide bonds. The van der Waals surface area contributed by atoms with Crippen molar-refractivity contribution in [2.75, 3.05) is 0 Å². The van der Waals surface area contributed by atoms with Gasteiger partial charge in [0.2, 0.25) is 10.0 Å². The normalized spacial score (nSPS) is 11.6. The van der Waals surface area contributed by atoms with Gasteiger partial charge < -0.3 is 5.11 Å². The molecule has 0 saturated heterocycles. The van der Waals surface area contributed by atoms with Crippen molar-refractivity contribution in [3.05, 3.63) is 35.0 Å². The number of aromatic nitrogens is 2. The van der Waals surface area contributed by atoms with E-state index in [1.807, 2.05) is 0 Å². The number of hydrogen-bond acceptors (Lipinski definition) is 5. The van der Waals surface area contributed by atoms with Crippen molar-refractivity contribution in [2.45, 2.75) is 10.8 Å². The monoisotopic (exact) mass is 301 g/mol. The SMILES string of the molecule is Cn1ccc(CNS(=O)(=O)c2ccc(C(=O)O)s2)n1. The second-order valence-corrected chi connectivity index (χ2v) is 6.81. The quantitative estimate of drug-likeness (QED) is 0.844. The van der Waals surface area contributed by atoms with Gasteiger partial charge in [0.1, 0.15) is 9.09 Å². The van der Waals surface area contributed by atoms with Gasteiger partial charge >= 0.3 is 5.97 Å². The van der Waals surface area contributed by atoms with Gasteiger partial charge in [-0.15, -0.1) is 11.3 Å². The zero-order valence-corrected chi connectivity index (χ0v) is 11.5. The number of carbonyl (C=O) groups is 1. The minimum atomic E-state index is -3.71. The zero-order chi connectivity index (χ0) is 14.0. The Balaban J connectivity index is 2.11. The fourth-order valence-corrected chi connectivity index (χ4v) is 3.57. The first-order valence-corrected chi connectivity index (χ1v) is 7.50. The molecule has 7 nitrogen and oxygen atoms in total. The topological polar surface area (TPSA) is 101 Å². The molecule has 2 aromatic heterocycles. The van der Waals surface area contributed by atoms with E-state index in [2.05, 4.69) is 9.82 Å². The number of aryl methyl sites for hydroxylation is 1. The van der Waals surface area contributed by atoms with Gasteiger partial charge in [-0.3, -0.25) is 4.68 Å². The summed E-state index contributed by atoms with van der Waals surface area (Å²) in [6.45, 7) is 0.0590. The van der Waals surface area contributed by atoms with E-state index in [1.165, 1.54) is 12.1 Å². The summed E-state index contributed by atoms with van der Waals surface area (Å²) in [6.07, 6.45) is 1.71. The molecule has 0 saturated carbocycles. The minimum Gasteiger partial charge on any atom is -0.477 e. The third-order valence-corrected chi connectivity index (χ3v) is 5.24. The van der Waals surface area contributed by atoms with Crippen LogP contribution in [-0.2, 0) is 23.6 Å². The Morgan fingerprint density at radius 1 is 1.47 bits per heavy atom. The summed E-state index contributed by atoms with van der Waals surface area (Å²) in [7, 11) is -1.97. The van der Waals surface area contributed by atoms with Crippen molar-refractivity contribution in [3.8, 4) is 0 Å². The number of sulfonamides is 1. The summed E-state index contributed by atoms with van der Waals surface area (Å²) < 4.78 is 27.8.